The van der Waals surface area contributed by atoms with Gasteiger partial charge < -0.3 is 0 Å². The molecule has 4 aliphatic rings. The first-order valence-corrected chi connectivity index (χ1v) is 8.47. The number of Topliss-reactive ketones (excluding diaryl/α,β-unsaturated/α-hetero) is 1. The average Bonchev–Trinajstić information content (AvgIpc) is 2.83. The number of carbonyl (C=O) groups excluding carboxylic acids is 2. The zero-order valence-corrected chi connectivity index (χ0v) is 13.1. The fraction of sp³-hybridized carbons (Fsp3) is 0.684. The first-order valence-electron chi connectivity index (χ1n) is 8.47. The van der Waals surface area contributed by atoms with Crippen molar-refractivity contribution in [2.75, 3.05) is 0 Å². The largest absolute Gasteiger partial charge is 0.295 e. The first-order chi connectivity index (χ1) is 10.0. The van der Waals surface area contributed by atoms with Gasteiger partial charge in [0.05, 0.1) is 0 Å². The van der Waals surface area contributed by atoms with Gasteiger partial charge in [-0.15, -0.1) is 0 Å². The van der Waals surface area contributed by atoms with Crippen molar-refractivity contribution in [2.24, 2.45) is 23.2 Å². The molecule has 0 spiro atoms. The molecular weight excluding hydrogens is 260 g/mol. The Kier molecular flexibility index (Phi) is 2.83. The number of rotatable bonds is 0. The highest BCUT2D eigenvalue weighted by Crippen LogP contribution is 2.60. The lowest BCUT2D eigenvalue weighted by molar-refractivity contribution is -0.126. The molecule has 0 saturated heterocycles. The lowest BCUT2D eigenvalue weighted by Gasteiger charge is -2.53. The normalized spacial score (nSPS) is 42.4. The molecule has 0 bridgehead atoms. The van der Waals surface area contributed by atoms with E-state index in [1.54, 1.807) is 17.2 Å². The highest BCUT2D eigenvalue weighted by molar-refractivity contribution is 6.05. The lowest BCUT2D eigenvalue weighted by atomic mass is 9.50. The summed E-state index contributed by atoms with van der Waals surface area (Å²) in [5, 5.41) is 0. The average molecular weight is 284 g/mol. The van der Waals surface area contributed by atoms with E-state index in [9.17, 15) is 9.59 Å². The molecule has 0 N–H and O–H groups in total. The second kappa shape index (κ2) is 4.41. The Morgan fingerprint density at radius 3 is 2.76 bits per heavy atom. The zero-order chi connectivity index (χ0) is 14.8. The molecular formula is C19H24O2. The summed E-state index contributed by atoms with van der Waals surface area (Å²) >= 11 is 0. The molecule has 2 fully saturated rings. The number of ketones is 2. The zero-order valence-electron chi connectivity index (χ0n) is 13.1. The molecule has 0 aromatic carbocycles. The fourth-order valence-electron chi connectivity index (χ4n) is 5.80. The van der Waals surface area contributed by atoms with Gasteiger partial charge in [-0.3, -0.25) is 9.59 Å². The summed E-state index contributed by atoms with van der Waals surface area (Å²) in [6, 6.07) is 0. The predicted molar refractivity (Wildman–Crippen MR) is 81.7 cm³/mol. The lowest BCUT2D eigenvalue weighted by Crippen LogP contribution is -2.49. The number of hydrogen-bond donors (Lipinski definition) is 0. The summed E-state index contributed by atoms with van der Waals surface area (Å²) in [4.78, 5) is 24.4. The van der Waals surface area contributed by atoms with Gasteiger partial charge in [0, 0.05) is 18.4 Å². The maximum atomic E-state index is 12.7. The van der Waals surface area contributed by atoms with Gasteiger partial charge in [0.1, 0.15) is 0 Å². The molecule has 0 aromatic heterocycles. The Balaban J connectivity index is 1.76. The molecule has 2 heteroatoms. The molecule has 0 amide bonds. The molecule has 112 valence electrons. The highest BCUT2D eigenvalue weighted by Gasteiger charge is 2.54. The molecule has 4 rings (SSSR count). The van der Waals surface area contributed by atoms with E-state index in [1.807, 2.05) is 0 Å². The molecule has 2 nitrogen and oxygen atoms in total. The van der Waals surface area contributed by atoms with Gasteiger partial charge in [0.15, 0.2) is 11.6 Å². The number of carbonyl (C=O) groups is 2. The van der Waals surface area contributed by atoms with Crippen molar-refractivity contribution >= 4 is 11.6 Å². The Morgan fingerprint density at radius 1 is 1.14 bits per heavy atom. The molecule has 0 radical (unpaired) electrons. The maximum Gasteiger partial charge on any atom is 0.159 e. The maximum absolute atomic E-state index is 12.7. The molecule has 21 heavy (non-hydrogen) atoms. The summed E-state index contributed by atoms with van der Waals surface area (Å²) in [5.41, 5.74) is 4.10. The standard InChI is InChI=1S/C19H24O2/c1-11-3-4-14-13(11)5-6-16-15(14)10-18(21)17-9-12(20)7-8-19(16,17)2/h9,14-16H,3-8,10H2,1-2H3/t14-,15+,16+,19-/m1/s1. The van der Waals surface area contributed by atoms with Gasteiger partial charge in [-0.1, -0.05) is 18.1 Å². The van der Waals surface area contributed by atoms with Crippen molar-refractivity contribution in [3.63, 3.8) is 0 Å². The summed E-state index contributed by atoms with van der Waals surface area (Å²) in [6.07, 6.45) is 8.80. The summed E-state index contributed by atoms with van der Waals surface area (Å²) < 4.78 is 0. The topological polar surface area (TPSA) is 34.1 Å². The Labute approximate surface area is 126 Å². The minimum Gasteiger partial charge on any atom is -0.295 e. The second-order valence-corrected chi connectivity index (χ2v) is 7.83. The SMILES string of the molecule is CC1=C2CC[C@H]3[C@@H](CC(=O)C4=CC(=O)CC[C@@]43C)[C@@H]2CC1. The van der Waals surface area contributed by atoms with Crippen molar-refractivity contribution in [3.8, 4) is 0 Å². The number of allylic oxidation sites excluding steroid dienone is 4. The van der Waals surface area contributed by atoms with Crippen molar-refractivity contribution in [1.82, 2.24) is 0 Å². The molecule has 2 saturated carbocycles. The third-order valence-electron chi connectivity index (χ3n) is 6.94. The van der Waals surface area contributed by atoms with E-state index in [0.29, 0.717) is 30.6 Å². The van der Waals surface area contributed by atoms with E-state index < -0.39 is 0 Å². The molecule has 4 atom stereocenters. The van der Waals surface area contributed by atoms with E-state index in [-0.39, 0.29) is 17.0 Å². The van der Waals surface area contributed by atoms with Crippen LogP contribution in [0.2, 0.25) is 0 Å². The minimum absolute atomic E-state index is 0.0318. The van der Waals surface area contributed by atoms with Crippen molar-refractivity contribution < 1.29 is 9.59 Å². The molecule has 0 aromatic rings. The van der Waals surface area contributed by atoms with Gasteiger partial charge in [-0.25, -0.2) is 0 Å². The van der Waals surface area contributed by atoms with E-state index in [1.165, 1.54) is 25.7 Å². The Morgan fingerprint density at radius 2 is 1.95 bits per heavy atom. The van der Waals surface area contributed by atoms with Crippen LogP contribution in [0.1, 0.15) is 58.8 Å². The van der Waals surface area contributed by atoms with Crippen LogP contribution in [-0.4, -0.2) is 11.6 Å². The van der Waals surface area contributed by atoms with Gasteiger partial charge in [0.2, 0.25) is 0 Å². The van der Waals surface area contributed by atoms with Crippen LogP contribution >= 0.6 is 0 Å². The van der Waals surface area contributed by atoms with Crippen molar-refractivity contribution in [3.05, 3.63) is 22.8 Å². The van der Waals surface area contributed by atoms with Crippen LogP contribution in [0, 0.1) is 23.2 Å². The van der Waals surface area contributed by atoms with E-state index in [2.05, 4.69) is 13.8 Å². The number of fused-ring (bicyclic) bond motifs is 5. The number of hydrogen-bond acceptors (Lipinski definition) is 2. The van der Waals surface area contributed by atoms with Gasteiger partial charge in [-0.05, 0) is 68.3 Å². The van der Waals surface area contributed by atoms with E-state index >= 15 is 0 Å². The van der Waals surface area contributed by atoms with Crippen molar-refractivity contribution in [1.29, 1.82) is 0 Å². The first kappa shape index (κ1) is 13.5. The highest BCUT2D eigenvalue weighted by atomic mass is 16.1. The van der Waals surface area contributed by atoms with Crippen molar-refractivity contribution in [2.45, 2.75) is 58.8 Å². The van der Waals surface area contributed by atoms with Gasteiger partial charge >= 0.3 is 0 Å². The minimum atomic E-state index is -0.0318. The Hall–Kier alpha value is -1.18. The molecule has 0 unspecified atom stereocenters. The van der Waals surface area contributed by atoms with Gasteiger partial charge in [0.25, 0.3) is 0 Å². The van der Waals surface area contributed by atoms with E-state index in [4.69, 9.17) is 0 Å². The predicted octanol–water partition coefficient (Wildman–Crippen LogP) is 4.01. The summed E-state index contributed by atoms with van der Waals surface area (Å²) in [7, 11) is 0. The smallest absolute Gasteiger partial charge is 0.159 e. The molecule has 0 aliphatic heterocycles. The fourth-order valence-corrected chi connectivity index (χ4v) is 5.80. The van der Waals surface area contributed by atoms with Crippen LogP contribution in [0.25, 0.3) is 0 Å². The third-order valence-corrected chi connectivity index (χ3v) is 6.94. The van der Waals surface area contributed by atoms with Crippen LogP contribution in [0.4, 0.5) is 0 Å². The van der Waals surface area contributed by atoms with Crippen LogP contribution in [-0.2, 0) is 9.59 Å². The summed E-state index contributed by atoms with van der Waals surface area (Å²) in [6.45, 7) is 4.54. The molecule has 0 heterocycles. The van der Waals surface area contributed by atoms with Gasteiger partial charge in [-0.2, -0.15) is 0 Å². The Bertz CT molecular complexity index is 595. The van der Waals surface area contributed by atoms with Crippen LogP contribution in [0.3, 0.4) is 0 Å². The van der Waals surface area contributed by atoms with Crippen LogP contribution in [0.5, 0.6) is 0 Å². The summed E-state index contributed by atoms with van der Waals surface area (Å²) in [5.74, 6) is 2.21. The van der Waals surface area contributed by atoms with E-state index in [0.717, 1.165) is 12.0 Å². The van der Waals surface area contributed by atoms with Crippen LogP contribution in [0.15, 0.2) is 22.8 Å². The molecule has 4 aliphatic carbocycles. The third kappa shape index (κ3) is 1.77. The quantitative estimate of drug-likeness (QED) is 0.630. The monoisotopic (exact) mass is 284 g/mol. The van der Waals surface area contributed by atoms with Crippen LogP contribution < -0.4 is 0 Å². The second-order valence-electron chi connectivity index (χ2n) is 7.83.